The van der Waals surface area contributed by atoms with Crippen molar-refractivity contribution in [2.24, 2.45) is 11.3 Å². The third kappa shape index (κ3) is 8.43. The fourth-order valence-corrected chi connectivity index (χ4v) is 7.58. The molecule has 4 amide bonds. The van der Waals surface area contributed by atoms with Gasteiger partial charge in [-0.25, -0.2) is 13.2 Å². The molecule has 2 aliphatic carbocycles. The van der Waals surface area contributed by atoms with E-state index in [0.717, 1.165) is 16.3 Å². The Morgan fingerprint density at radius 2 is 1.71 bits per heavy atom. The maximum atomic E-state index is 14.3. The monoisotopic (exact) mass is 696 g/mol. The van der Waals surface area contributed by atoms with E-state index >= 15 is 0 Å². The maximum absolute atomic E-state index is 14.3. The first kappa shape index (κ1) is 36.3. The highest BCUT2D eigenvalue weighted by Gasteiger charge is 2.62. The molecule has 49 heavy (non-hydrogen) atoms. The van der Waals surface area contributed by atoms with Crippen molar-refractivity contribution in [3.63, 3.8) is 0 Å². The second-order valence-electron chi connectivity index (χ2n) is 15.5. The molecule has 2 saturated carbocycles. The van der Waals surface area contributed by atoms with E-state index in [1.165, 1.54) is 11.0 Å². The molecule has 1 heterocycles. The highest BCUT2D eigenvalue weighted by molar-refractivity contribution is 7.91. The molecule has 0 aromatic heterocycles. The molecule has 5 atom stereocenters. The van der Waals surface area contributed by atoms with Gasteiger partial charge in [-0.3, -0.25) is 19.1 Å². The first-order chi connectivity index (χ1) is 22.8. The summed E-state index contributed by atoms with van der Waals surface area (Å²) in [5, 5.41) is 7.02. The molecule has 266 valence electrons. The van der Waals surface area contributed by atoms with E-state index in [2.05, 4.69) is 21.9 Å². The maximum Gasteiger partial charge on any atom is 0.408 e. The summed E-state index contributed by atoms with van der Waals surface area (Å²) in [5.74, 6) is -2.45. The van der Waals surface area contributed by atoms with Crippen LogP contribution in [0.4, 0.5) is 4.79 Å². The number of hydrogen-bond donors (Lipinski definition) is 3. The zero-order valence-electron chi connectivity index (χ0n) is 29.1. The van der Waals surface area contributed by atoms with Gasteiger partial charge in [0, 0.05) is 18.9 Å². The Balaban J connectivity index is 1.38. The number of carbonyl (C=O) groups excluding carboxylic acids is 4. The normalized spacial score (nSPS) is 24.5. The number of alkyl carbamates (subject to hydrolysis) is 1. The molecule has 0 spiro atoms. The lowest BCUT2D eigenvalue weighted by Gasteiger charge is -2.36. The van der Waals surface area contributed by atoms with Crippen LogP contribution in [0.15, 0.2) is 55.1 Å². The molecule has 3 fully saturated rings. The summed E-state index contributed by atoms with van der Waals surface area (Å²) < 4.78 is 39.1. The number of carbonyl (C=O) groups is 4. The van der Waals surface area contributed by atoms with E-state index in [0.29, 0.717) is 12.8 Å². The summed E-state index contributed by atoms with van der Waals surface area (Å²) in [6.07, 6.45) is 1.41. The van der Waals surface area contributed by atoms with Crippen LogP contribution in [0.25, 0.3) is 10.8 Å². The number of sulfonamides is 1. The summed E-state index contributed by atoms with van der Waals surface area (Å²) in [4.78, 5) is 56.1. The van der Waals surface area contributed by atoms with Gasteiger partial charge in [-0.15, -0.1) is 6.58 Å². The Morgan fingerprint density at radius 3 is 2.31 bits per heavy atom. The second-order valence-corrected chi connectivity index (χ2v) is 17.4. The summed E-state index contributed by atoms with van der Waals surface area (Å²) in [7, 11) is -3.87. The van der Waals surface area contributed by atoms with Crippen LogP contribution in [-0.4, -0.2) is 78.3 Å². The van der Waals surface area contributed by atoms with Crippen molar-refractivity contribution < 1.29 is 37.1 Å². The summed E-state index contributed by atoms with van der Waals surface area (Å²) >= 11 is 0. The van der Waals surface area contributed by atoms with E-state index in [1.807, 2.05) is 42.5 Å². The molecular formula is C36H48N4O8S. The smallest absolute Gasteiger partial charge is 0.408 e. The number of benzene rings is 2. The molecule has 0 bridgehead atoms. The summed E-state index contributed by atoms with van der Waals surface area (Å²) in [6, 6.07) is 11.8. The number of fused-ring (bicyclic) bond motifs is 1. The lowest BCUT2D eigenvalue weighted by molar-refractivity contribution is -0.143. The molecule has 1 aliphatic heterocycles. The van der Waals surface area contributed by atoms with Gasteiger partial charge in [-0.2, -0.15) is 0 Å². The van der Waals surface area contributed by atoms with E-state index in [4.69, 9.17) is 9.47 Å². The lowest BCUT2D eigenvalue weighted by atomic mass is 9.85. The Bertz CT molecular complexity index is 1740. The fourth-order valence-electron chi connectivity index (χ4n) is 6.21. The van der Waals surface area contributed by atoms with Crippen LogP contribution in [0, 0.1) is 11.3 Å². The summed E-state index contributed by atoms with van der Waals surface area (Å²) in [6.45, 7) is 14.6. The van der Waals surface area contributed by atoms with Crippen molar-refractivity contribution in [1.29, 1.82) is 0 Å². The molecular weight excluding hydrogens is 648 g/mol. The molecule has 2 aromatic rings. The third-order valence-electron chi connectivity index (χ3n) is 9.17. The Kier molecular flexibility index (Phi) is 9.92. The number of nitrogens with zero attached hydrogens (tertiary/aromatic N) is 1. The standard InChI is InChI=1S/C36H48N4O8S/c1-8-25-19-36(25,32(43)39-49(45,46)27-15-16-27)38-30(41)28-18-26(47-21-22-13-14-23-11-9-10-12-24(23)17-22)20-40(28)31(42)29(34(2,3)4)37-33(44)48-35(5,6)7/h8-14,17,25-29H,1,15-16,18-21H2,2-7H3,(H,37,44)(H,38,41)(H,39,43)/t25-,26-,28+,29-,36-/m1/s1. The predicted octanol–water partition coefficient (Wildman–Crippen LogP) is 3.93. The topological polar surface area (TPSA) is 160 Å². The SMILES string of the molecule is C=C[C@@H]1C[C@]1(NC(=O)[C@@H]1C[C@@H](OCc2ccc3ccccc3c2)CN1C(=O)[C@@H](NC(=O)OC(C)(C)C)C(C)(C)C)C(=O)NS(=O)(=O)C1CC1. The van der Waals surface area contributed by atoms with Crippen molar-refractivity contribution in [3.8, 4) is 0 Å². The first-order valence-corrected chi connectivity index (χ1v) is 18.3. The molecule has 2 aromatic carbocycles. The fraction of sp³-hybridized carbons (Fsp3) is 0.556. The van der Waals surface area contributed by atoms with Crippen molar-refractivity contribution in [3.05, 3.63) is 60.7 Å². The van der Waals surface area contributed by atoms with E-state index in [1.54, 1.807) is 41.5 Å². The molecule has 3 aliphatic rings. The molecule has 0 unspecified atom stereocenters. The van der Waals surface area contributed by atoms with Crippen molar-refractivity contribution in [1.82, 2.24) is 20.3 Å². The van der Waals surface area contributed by atoms with Crippen LogP contribution < -0.4 is 15.4 Å². The van der Waals surface area contributed by atoms with Gasteiger partial charge in [0.1, 0.15) is 23.2 Å². The van der Waals surface area contributed by atoms with Gasteiger partial charge in [0.2, 0.25) is 21.8 Å². The average Bonchev–Trinajstić information content (AvgIpc) is 3.93. The van der Waals surface area contributed by atoms with Gasteiger partial charge in [-0.05, 0) is 67.9 Å². The molecule has 5 rings (SSSR count). The first-order valence-electron chi connectivity index (χ1n) is 16.7. The zero-order chi connectivity index (χ0) is 35.9. The van der Waals surface area contributed by atoms with Crippen molar-refractivity contribution in [2.45, 2.75) is 108 Å². The Labute approximate surface area is 288 Å². The van der Waals surface area contributed by atoms with E-state index in [9.17, 15) is 27.6 Å². The molecule has 1 saturated heterocycles. The zero-order valence-corrected chi connectivity index (χ0v) is 29.9. The highest BCUT2D eigenvalue weighted by Crippen LogP contribution is 2.45. The average molecular weight is 697 g/mol. The number of rotatable bonds is 11. The van der Waals surface area contributed by atoms with Gasteiger partial charge >= 0.3 is 6.09 Å². The van der Waals surface area contributed by atoms with Crippen LogP contribution in [0.5, 0.6) is 0 Å². The minimum atomic E-state index is -3.87. The second kappa shape index (κ2) is 13.4. The number of hydrogen-bond acceptors (Lipinski definition) is 8. The van der Waals surface area contributed by atoms with Crippen molar-refractivity contribution in [2.75, 3.05) is 6.54 Å². The number of amides is 4. The Hall–Kier alpha value is -3.97. The minimum Gasteiger partial charge on any atom is -0.444 e. The van der Waals surface area contributed by atoms with Gasteiger partial charge in [0.05, 0.1) is 18.0 Å². The minimum absolute atomic E-state index is 0.0488. The van der Waals surface area contributed by atoms with Crippen LogP contribution in [0.1, 0.15) is 72.8 Å². The number of likely N-dealkylation sites (tertiary alicyclic amines) is 1. The van der Waals surface area contributed by atoms with E-state index < -0.39 is 79.7 Å². The van der Waals surface area contributed by atoms with Crippen LogP contribution in [-0.2, 0) is 40.5 Å². The predicted molar refractivity (Wildman–Crippen MR) is 185 cm³/mol. The molecule has 13 heteroatoms. The van der Waals surface area contributed by atoms with Crippen LogP contribution >= 0.6 is 0 Å². The lowest BCUT2D eigenvalue weighted by Crippen LogP contribution is -2.60. The molecule has 0 radical (unpaired) electrons. The van der Waals surface area contributed by atoms with Crippen LogP contribution in [0.2, 0.25) is 0 Å². The highest BCUT2D eigenvalue weighted by atomic mass is 32.2. The van der Waals surface area contributed by atoms with Crippen molar-refractivity contribution >= 4 is 44.6 Å². The van der Waals surface area contributed by atoms with Crippen LogP contribution in [0.3, 0.4) is 0 Å². The quantitative estimate of drug-likeness (QED) is 0.298. The number of ether oxygens (including phenoxy) is 2. The van der Waals surface area contributed by atoms with Gasteiger partial charge < -0.3 is 25.0 Å². The number of nitrogens with one attached hydrogen (secondary N) is 3. The Morgan fingerprint density at radius 1 is 1.04 bits per heavy atom. The van der Waals surface area contributed by atoms with Gasteiger partial charge in [-0.1, -0.05) is 63.2 Å². The van der Waals surface area contributed by atoms with E-state index in [-0.39, 0.29) is 26.0 Å². The third-order valence-corrected chi connectivity index (χ3v) is 11.0. The van der Waals surface area contributed by atoms with Gasteiger partial charge in [0.25, 0.3) is 5.91 Å². The van der Waals surface area contributed by atoms with Gasteiger partial charge in [0.15, 0.2) is 0 Å². The molecule has 3 N–H and O–H groups in total. The largest absolute Gasteiger partial charge is 0.444 e. The summed E-state index contributed by atoms with van der Waals surface area (Å²) in [5.41, 5.74) is -2.18. The molecule has 12 nitrogen and oxygen atoms in total.